The molecular formula is C28H39NO6S. The first-order chi connectivity index (χ1) is 17.0. The zero-order valence-corrected chi connectivity index (χ0v) is 23.0. The van der Waals surface area contributed by atoms with Gasteiger partial charge >= 0.3 is 5.97 Å². The molecule has 0 N–H and O–H groups in total. The van der Waals surface area contributed by atoms with Gasteiger partial charge in [-0.3, -0.25) is 9.59 Å². The second-order valence-electron chi connectivity index (χ2n) is 10.3. The van der Waals surface area contributed by atoms with Crippen molar-refractivity contribution in [2.45, 2.75) is 78.2 Å². The van der Waals surface area contributed by atoms with Crippen molar-refractivity contribution in [2.24, 2.45) is 5.41 Å². The van der Waals surface area contributed by atoms with E-state index in [9.17, 15) is 18.0 Å². The third kappa shape index (κ3) is 6.45. The summed E-state index contributed by atoms with van der Waals surface area (Å²) in [4.78, 5) is 26.0. The van der Waals surface area contributed by atoms with Crippen molar-refractivity contribution in [3.8, 4) is 0 Å². The minimum Gasteiger partial charge on any atom is -0.465 e. The topological polar surface area (TPSA) is 91.7 Å². The van der Waals surface area contributed by atoms with Crippen LogP contribution in [-0.4, -0.2) is 50.3 Å². The summed E-state index contributed by atoms with van der Waals surface area (Å²) in [6.45, 7) is 11.1. The van der Waals surface area contributed by atoms with Crippen LogP contribution in [0.2, 0.25) is 0 Å². The lowest BCUT2D eigenvalue weighted by molar-refractivity contribution is -0.143. The van der Waals surface area contributed by atoms with E-state index in [0.717, 1.165) is 23.4 Å². The molecule has 2 aromatic rings. The molecule has 0 radical (unpaired) electrons. The highest BCUT2D eigenvalue weighted by Gasteiger charge is 2.37. The largest absolute Gasteiger partial charge is 0.465 e. The van der Waals surface area contributed by atoms with Crippen LogP contribution in [0.5, 0.6) is 0 Å². The van der Waals surface area contributed by atoms with E-state index < -0.39 is 9.84 Å². The third-order valence-electron chi connectivity index (χ3n) is 6.64. The molecule has 198 valence electrons. The molecule has 0 saturated carbocycles. The maximum Gasteiger partial charge on any atom is 0.325 e. The Morgan fingerprint density at radius 2 is 1.83 bits per heavy atom. The number of rotatable bonds is 12. The number of nitrogens with zero attached hydrogens (tertiary/aromatic N) is 1. The molecule has 7 nitrogen and oxygen atoms in total. The van der Waals surface area contributed by atoms with E-state index in [1.807, 2.05) is 30.5 Å². The second kappa shape index (κ2) is 11.7. The molecule has 1 aromatic heterocycles. The van der Waals surface area contributed by atoms with Gasteiger partial charge in [0.05, 0.1) is 17.3 Å². The Morgan fingerprint density at radius 1 is 1.11 bits per heavy atom. The van der Waals surface area contributed by atoms with Crippen LogP contribution in [0, 0.1) is 12.3 Å². The van der Waals surface area contributed by atoms with Crippen LogP contribution in [0.3, 0.4) is 0 Å². The van der Waals surface area contributed by atoms with Gasteiger partial charge in [-0.1, -0.05) is 39.0 Å². The van der Waals surface area contributed by atoms with E-state index in [1.54, 1.807) is 19.1 Å². The Labute approximate surface area is 215 Å². The molecular weight excluding hydrogens is 478 g/mol. The Kier molecular flexibility index (Phi) is 9.17. The van der Waals surface area contributed by atoms with Crippen molar-refractivity contribution in [2.75, 3.05) is 25.6 Å². The molecule has 1 aliphatic rings. The van der Waals surface area contributed by atoms with Crippen LogP contribution in [0.25, 0.3) is 0 Å². The number of esters is 1. The highest BCUT2D eigenvalue weighted by molar-refractivity contribution is 7.91. The minimum absolute atomic E-state index is 0.00179. The van der Waals surface area contributed by atoms with Gasteiger partial charge in [-0.15, -0.1) is 0 Å². The molecule has 0 saturated heterocycles. The van der Waals surface area contributed by atoms with Gasteiger partial charge in [0.2, 0.25) is 0 Å². The molecule has 36 heavy (non-hydrogen) atoms. The number of ether oxygens (including phenoxy) is 2. The number of hydrogen-bond acceptors (Lipinski definition) is 6. The zero-order chi connectivity index (χ0) is 26.5. The summed E-state index contributed by atoms with van der Waals surface area (Å²) in [5.41, 5.74) is 3.51. The number of sulfone groups is 1. The van der Waals surface area contributed by atoms with Crippen molar-refractivity contribution >= 4 is 21.6 Å². The summed E-state index contributed by atoms with van der Waals surface area (Å²) in [6.07, 6.45) is 2.69. The van der Waals surface area contributed by atoms with Gasteiger partial charge in [0.15, 0.2) is 15.6 Å². The number of carbonyl (C=O) groups is 2. The summed E-state index contributed by atoms with van der Waals surface area (Å²) in [7, 11) is -3.53. The average Bonchev–Trinajstić information content (AvgIpc) is 3.04. The normalized spacial score (nSPS) is 15.1. The molecule has 1 heterocycles. The lowest BCUT2D eigenvalue weighted by atomic mass is 9.75. The molecule has 3 rings (SSSR count). The first-order valence-electron chi connectivity index (χ1n) is 12.8. The lowest BCUT2D eigenvalue weighted by Gasteiger charge is -2.30. The lowest BCUT2D eigenvalue weighted by Crippen LogP contribution is -2.29. The van der Waals surface area contributed by atoms with Crippen LogP contribution < -0.4 is 0 Å². The summed E-state index contributed by atoms with van der Waals surface area (Å²) in [5.74, 6) is -0.314. The molecule has 0 amide bonds. The SMILES string of the molecule is CCCOCCCS(=O)(=O)c1ccccc1Cc1c2c(n(CC(=O)OCC)c1C)CC(C)(C)CC2=O. The fraction of sp³-hybridized carbons (Fsp3) is 0.571. The van der Waals surface area contributed by atoms with E-state index in [-0.39, 0.29) is 41.0 Å². The molecule has 1 aliphatic carbocycles. The Bertz CT molecular complexity index is 1210. The van der Waals surface area contributed by atoms with Crippen molar-refractivity contribution < 1.29 is 27.5 Å². The van der Waals surface area contributed by atoms with Crippen molar-refractivity contribution in [3.63, 3.8) is 0 Å². The molecule has 0 unspecified atom stereocenters. The Hall–Kier alpha value is -2.45. The van der Waals surface area contributed by atoms with Gasteiger partial charge in [-0.25, -0.2) is 8.42 Å². The van der Waals surface area contributed by atoms with Crippen LogP contribution in [0.15, 0.2) is 29.2 Å². The minimum atomic E-state index is -3.53. The first-order valence-corrected chi connectivity index (χ1v) is 14.4. The molecule has 1 aromatic carbocycles. The van der Waals surface area contributed by atoms with Crippen LogP contribution in [0.1, 0.15) is 79.8 Å². The predicted molar refractivity (Wildman–Crippen MR) is 139 cm³/mol. The molecule has 0 fully saturated rings. The molecule has 8 heteroatoms. The number of hydrogen-bond donors (Lipinski definition) is 0. The van der Waals surface area contributed by atoms with Gasteiger partial charge in [0.25, 0.3) is 0 Å². The van der Waals surface area contributed by atoms with Gasteiger partial charge in [-0.05, 0) is 55.7 Å². The molecule has 0 atom stereocenters. The molecule has 0 aliphatic heterocycles. The fourth-order valence-electron chi connectivity index (χ4n) is 5.02. The number of fused-ring (bicyclic) bond motifs is 1. The second-order valence-corrected chi connectivity index (χ2v) is 12.4. The summed E-state index contributed by atoms with van der Waals surface area (Å²) in [6, 6.07) is 7.00. The van der Waals surface area contributed by atoms with E-state index >= 15 is 0 Å². The van der Waals surface area contributed by atoms with E-state index in [2.05, 4.69) is 13.8 Å². The number of aromatic nitrogens is 1. The number of ketones is 1. The summed E-state index contributed by atoms with van der Waals surface area (Å²) < 4.78 is 39.0. The zero-order valence-electron chi connectivity index (χ0n) is 22.2. The Morgan fingerprint density at radius 3 is 2.53 bits per heavy atom. The maximum absolute atomic E-state index is 13.3. The quantitative estimate of drug-likeness (QED) is 0.299. The van der Waals surface area contributed by atoms with Gasteiger partial charge in [-0.2, -0.15) is 0 Å². The van der Waals surface area contributed by atoms with Crippen molar-refractivity contribution in [3.05, 3.63) is 52.3 Å². The van der Waals surface area contributed by atoms with Gasteiger partial charge in [0.1, 0.15) is 6.54 Å². The van der Waals surface area contributed by atoms with Crippen LogP contribution >= 0.6 is 0 Å². The van der Waals surface area contributed by atoms with Gasteiger partial charge < -0.3 is 14.0 Å². The molecule has 0 bridgehead atoms. The van der Waals surface area contributed by atoms with E-state index in [0.29, 0.717) is 50.0 Å². The number of benzene rings is 1. The highest BCUT2D eigenvalue weighted by Crippen LogP contribution is 2.39. The van der Waals surface area contributed by atoms with Gasteiger partial charge in [0, 0.05) is 43.0 Å². The van der Waals surface area contributed by atoms with E-state index in [4.69, 9.17) is 9.47 Å². The maximum atomic E-state index is 13.3. The number of carbonyl (C=O) groups excluding carboxylic acids is 2. The average molecular weight is 518 g/mol. The standard InChI is InChI=1S/C28H39NO6S/c1-6-13-34-14-10-15-36(32,33)25-12-9-8-11-21(25)16-22-20(3)29(19-26(31)35-7-2)23-17-28(4,5)18-24(30)27(22)23/h8-9,11-12H,6-7,10,13-19H2,1-5H3. The summed E-state index contributed by atoms with van der Waals surface area (Å²) in [5, 5.41) is 0. The first kappa shape index (κ1) is 28.1. The highest BCUT2D eigenvalue weighted by atomic mass is 32.2. The molecule has 0 spiro atoms. The summed E-state index contributed by atoms with van der Waals surface area (Å²) >= 11 is 0. The van der Waals surface area contributed by atoms with Crippen molar-refractivity contribution in [1.82, 2.24) is 4.57 Å². The van der Waals surface area contributed by atoms with E-state index in [1.165, 1.54) is 0 Å². The van der Waals surface area contributed by atoms with Crippen LogP contribution in [-0.2, 0) is 43.5 Å². The van der Waals surface area contributed by atoms with Crippen molar-refractivity contribution in [1.29, 1.82) is 0 Å². The smallest absolute Gasteiger partial charge is 0.325 e. The third-order valence-corrected chi connectivity index (χ3v) is 8.53. The predicted octanol–water partition coefficient (Wildman–Crippen LogP) is 4.70. The Balaban J connectivity index is 1.99. The van der Waals surface area contributed by atoms with Crippen LogP contribution in [0.4, 0.5) is 0 Å². The fourth-order valence-corrected chi connectivity index (χ4v) is 6.57. The number of Topliss-reactive ketones (excluding diaryl/α,β-unsaturated/α-hetero) is 1. The monoisotopic (exact) mass is 517 g/mol.